The van der Waals surface area contributed by atoms with E-state index < -0.39 is 24.2 Å². The van der Waals surface area contributed by atoms with Gasteiger partial charge in [0.2, 0.25) is 0 Å². The maximum atomic E-state index is 12.2. The van der Waals surface area contributed by atoms with Gasteiger partial charge in [0.1, 0.15) is 0 Å². The molecule has 0 radical (unpaired) electrons. The van der Waals surface area contributed by atoms with Gasteiger partial charge >= 0.3 is 6.09 Å². The van der Waals surface area contributed by atoms with Crippen molar-refractivity contribution < 1.29 is 14.7 Å². The second kappa shape index (κ2) is 6.50. The monoisotopic (exact) mass is 374 g/mol. The Kier molecular flexibility index (Phi) is 4.17. The van der Waals surface area contributed by atoms with E-state index in [9.17, 15) is 14.7 Å². The van der Waals surface area contributed by atoms with Crippen LogP contribution < -0.4 is 10.6 Å². The molecule has 2 aliphatic rings. The highest BCUT2D eigenvalue weighted by molar-refractivity contribution is 6.30. The van der Waals surface area contributed by atoms with E-state index in [-0.39, 0.29) is 11.6 Å². The predicted molar refractivity (Wildman–Crippen MR) is 90.7 cm³/mol. The van der Waals surface area contributed by atoms with E-state index >= 15 is 0 Å². The summed E-state index contributed by atoms with van der Waals surface area (Å²) in [6.45, 7) is 0.748. The van der Waals surface area contributed by atoms with Gasteiger partial charge in [0.15, 0.2) is 5.69 Å². The van der Waals surface area contributed by atoms with E-state index in [4.69, 9.17) is 11.6 Å². The maximum Gasteiger partial charge on any atom is 0.407 e. The van der Waals surface area contributed by atoms with Crippen molar-refractivity contribution in [2.24, 2.45) is 0 Å². The summed E-state index contributed by atoms with van der Waals surface area (Å²) < 4.78 is 0. The number of carbonyl (C=O) groups is 2. The lowest BCUT2D eigenvalue weighted by atomic mass is 9.92. The number of nitrogens with one attached hydrogen (secondary N) is 2. The molecule has 0 bridgehead atoms. The third kappa shape index (κ3) is 2.74. The van der Waals surface area contributed by atoms with E-state index in [0.29, 0.717) is 29.5 Å². The number of hydrogen-bond acceptors (Lipinski definition) is 6. The first kappa shape index (κ1) is 16.7. The van der Waals surface area contributed by atoms with Crippen molar-refractivity contribution in [2.45, 2.75) is 18.1 Å². The van der Waals surface area contributed by atoms with Crippen LogP contribution in [-0.2, 0) is 0 Å². The fourth-order valence-electron chi connectivity index (χ4n) is 3.51. The van der Waals surface area contributed by atoms with Crippen LogP contribution in [0.25, 0.3) is 0 Å². The summed E-state index contributed by atoms with van der Waals surface area (Å²) in [7, 11) is 0. The van der Waals surface area contributed by atoms with E-state index in [2.05, 4.69) is 25.6 Å². The fraction of sp³-hybridized carbons (Fsp3) is 0.312. The van der Waals surface area contributed by atoms with Gasteiger partial charge in [0.25, 0.3) is 5.91 Å². The number of hydrogen-bond donors (Lipinski definition) is 3. The third-order valence-corrected chi connectivity index (χ3v) is 4.81. The number of fused-ring (bicyclic) bond motifs is 1. The maximum absolute atomic E-state index is 12.2. The highest BCUT2D eigenvalue weighted by Gasteiger charge is 2.45. The molecule has 2 unspecified atom stereocenters. The average molecular weight is 375 g/mol. The zero-order valence-corrected chi connectivity index (χ0v) is 14.2. The highest BCUT2D eigenvalue weighted by atomic mass is 35.5. The number of carboxylic acid groups (broad SMARTS) is 1. The number of rotatable bonds is 2. The molecule has 10 heteroatoms. The Morgan fingerprint density at radius 2 is 2.08 bits per heavy atom. The topological polar surface area (TPSA) is 120 Å². The van der Waals surface area contributed by atoms with E-state index in [1.165, 1.54) is 23.5 Å². The van der Waals surface area contributed by atoms with Crippen molar-refractivity contribution in [2.75, 3.05) is 13.1 Å². The molecule has 26 heavy (non-hydrogen) atoms. The first-order chi connectivity index (χ1) is 12.6. The van der Waals surface area contributed by atoms with Crippen molar-refractivity contribution in [3.8, 4) is 0 Å². The van der Waals surface area contributed by atoms with E-state index in [1.54, 1.807) is 12.1 Å². The molecule has 2 aromatic heterocycles. The van der Waals surface area contributed by atoms with E-state index in [0.717, 1.165) is 0 Å². The Morgan fingerprint density at radius 1 is 1.27 bits per heavy atom. The van der Waals surface area contributed by atoms with Crippen molar-refractivity contribution in [3.05, 3.63) is 52.8 Å². The molecule has 4 rings (SSSR count). The first-order valence-corrected chi connectivity index (χ1v) is 8.40. The Labute approximate surface area is 153 Å². The second-order valence-electron chi connectivity index (χ2n) is 6.04. The molecule has 2 aromatic rings. The van der Waals surface area contributed by atoms with Crippen molar-refractivity contribution in [3.63, 3.8) is 0 Å². The highest BCUT2D eigenvalue weighted by Crippen LogP contribution is 2.35. The Morgan fingerprint density at radius 3 is 2.81 bits per heavy atom. The summed E-state index contributed by atoms with van der Waals surface area (Å²) >= 11 is 5.92. The zero-order valence-electron chi connectivity index (χ0n) is 13.5. The van der Waals surface area contributed by atoms with Gasteiger partial charge < -0.3 is 15.7 Å². The summed E-state index contributed by atoms with van der Waals surface area (Å²) in [5, 5.41) is 16.3. The molecular formula is C16H15ClN6O3. The van der Waals surface area contributed by atoms with Gasteiger partial charge in [-0.2, -0.15) is 0 Å². The normalized spacial score (nSPS) is 24.9. The number of halogens is 1. The van der Waals surface area contributed by atoms with Crippen LogP contribution in [0, 0.1) is 0 Å². The second-order valence-corrected chi connectivity index (χ2v) is 6.48. The van der Waals surface area contributed by atoms with Crippen molar-refractivity contribution >= 4 is 23.6 Å². The SMILES string of the molecule is O=C1NC([C@@H]2NCCN(C(=O)O)C2c2ccc(Cl)cn2)c2nccnc21. The Hall–Kier alpha value is -2.78. The van der Waals surface area contributed by atoms with Crippen LogP contribution in [0.4, 0.5) is 4.79 Å². The van der Waals surface area contributed by atoms with Crippen LogP contribution >= 0.6 is 11.6 Å². The number of pyridine rings is 1. The summed E-state index contributed by atoms with van der Waals surface area (Å²) in [4.78, 5) is 38.0. The summed E-state index contributed by atoms with van der Waals surface area (Å²) in [6, 6.07) is 1.77. The summed E-state index contributed by atoms with van der Waals surface area (Å²) in [5.74, 6) is -0.324. The number of piperazine rings is 1. The lowest BCUT2D eigenvalue weighted by molar-refractivity contribution is 0.0777. The van der Waals surface area contributed by atoms with Gasteiger partial charge in [-0.15, -0.1) is 0 Å². The smallest absolute Gasteiger partial charge is 0.407 e. The van der Waals surface area contributed by atoms with Gasteiger partial charge in [0, 0.05) is 31.7 Å². The fourth-order valence-corrected chi connectivity index (χ4v) is 3.62. The molecule has 2 amide bonds. The molecule has 1 saturated heterocycles. The standard InChI is InChI=1S/C16H15ClN6O3/c17-8-1-2-9(21-7-8)14-12(20-5-6-23(14)16(25)26)11-10-13(15(24)22-11)19-4-3-18-10/h1-4,7,11-12,14,20H,5-6H2,(H,22,24)(H,25,26)/t11?,12-,14?/m0/s1. The van der Waals surface area contributed by atoms with Crippen LogP contribution in [0.1, 0.15) is 34.0 Å². The van der Waals surface area contributed by atoms with Crippen LogP contribution in [0.2, 0.25) is 5.02 Å². The largest absolute Gasteiger partial charge is 0.465 e. The zero-order chi connectivity index (χ0) is 18.3. The van der Waals surface area contributed by atoms with Crippen molar-refractivity contribution in [1.29, 1.82) is 0 Å². The number of carbonyl (C=O) groups excluding carboxylic acids is 1. The minimum absolute atomic E-state index is 0.259. The lowest BCUT2D eigenvalue weighted by Crippen LogP contribution is -2.58. The Balaban J connectivity index is 1.77. The van der Waals surface area contributed by atoms with Gasteiger partial charge in [-0.3, -0.25) is 19.7 Å². The lowest BCUT2D eigenvalue weighted by Gasteiger charge is -2.42. The number of nitrogens with zero attached hydrogens (tertiary/aromatic N) is 4. The van der Waals surface area contributed by atoms with Gasteiger partial charge in [-0.1, -0.05) is 11.6 Å². The molecule has 0 aliphatic carbocycles. The quantitative estimate of drug-likeness (QED) is 0.717. The summed E-state index contributed by atoms with van der Waals surface area (Å²) in [6.07, 6.45) is 3.39. The molecule has 0 aromatic carbocycles. The number of aromatic nitrogens is 3. The minimum Gasteiger partial charge on any atom is -0.465 e. The Bertz CT molecular complexity index is 861. The molecule has 4 heterocycles. The molecule has 0 spiro atoms. The third-order valence-electron chi connectivity index (χ3n) is 4.59. The molecule has 9 nitrogen and oxygen atoms in total. The molecule has 3 N–H and O–H groups in total. The van der Waals surface area contributed by atoms with Crippen LogP contribution in [0.3, 0.4) is 0 Å². The minimum atomic E-state index is -1.05. The average Bonchev–Trinajstić information content (AvgIpc) is 2.99. The van der Waals surface area contributed by atoms with Crippen molar-refractivity contribution in [1.82, 2.24) is 30.5 Å². The van der Waals surface area contributed by atoms with Crippen LogP contribution in [0.5, 0.6) is 0 Å². The molecule has 1 fully saturated rings. The van der Waals surface area contributed by atoms with E-state index in [1.807, 2.05) is 0 Å². The molecule has 134 valence electrons. The van der Waals surface area contributed by atoms with Gasteiger partial charge in [-0.25, -0.2) is 9.78 Å². The molecule has 2 aliphatic heterocycles. The molecule has 0 saturated carbocycles. The molecule has 3 atom stereocenters. The van der Waals surface area contributed by atoms with Crippen LogP contribution in [0.15, 0.2) is 30.7 Å². The van der Waals surface area contributed by atoms with Gasteiger partial charge in [-0.05, 0) is 12.1 Å². The summed E-state index contributed by atoms with van der Waals surface area (Å²) in [5.41, 5.74) is 1.30. The van der Waals surface area contributed by atoms with Gasteiger partial charge in [0.05, 0.1) is 34.5 Å². The number of amides is 2. The van der Waals surface area contributed by atoms with Crippen LogP contribution in [-0.4, -0.2) is 56.1 Å². The molecular weight excluding hydrogens is 360 g/mol. The first-order valence-electron chi connectivity index (χ1n) is 8.02. The predicted octanol–water partition coefficient (Wildman–Crippen LogP) is 1.00.